The van der Waals surface area contributed by atoms with Crippen LogP contribution in [0.5, 0.6) is 0 Å². The lowest BCUT2D eigenvalue weighted by Gasteiger charge is -2.30. The Bertz CT molecular complexity index is 361. The molecule has 3 N–H and O–H groups in total. The van der Waals surface area contributed by atoms with Gasteiger partial charge in [-0.05, 0) is 25.2 Å². The molecule has 0 aromatic carbocycles. The van der Waals surface area contributed by atoms with Crippen molar-refractivity contribution < 1.29 is 0 Å². The van der Waals surface area contributed by atoms with Crippen molar-refractivity contribution in [1.29, 1.82) is 0 Å². The maximum absolute atomic E-state index is 5.92. The van der Waals surface area contributed by atoms with E-state index in [4.69, 9.17) is 5.73 Å². The number of nitrogens with one attached hydrogen (secondary N) is 1. The van der Waals surface area contributed by atoms with Crippen LogP contribution in [0.15, 0.2) is 12.4 Å². The third-order valence-corrected chi connectivity index (χ3v) is 3.89. The third kappa shape index (κ3) is 3.42. The molecule has 1 saturated carbocycles. The fourth-order valence-corrected chi connectivity index (χ4v) is 2.77. The van der Waals surface area contributed by atoms with E-state index in [0.717, 1.165) is 17.9 Å². The molecule has 1 aromatic heterocycles. The molecule has 0 bridgehead atoms. The van der Waals surface area contributed by atoms with Crippen molar-refractivity contribution in [3.63, 3.8) is 0 Å². The Kier molecular flexibility index (Phi) is 4.93. The van der Waals surface area contributed by atoms with Crippen molar-refractivity contribution in [2.45, 2.75) is 51.5 Å². The molecule has 0 aliphatic heterocycles. The first-order valence-corrected chi connectivity index (χ1v) is 7.11. The number of nitrogens with zero attached hydrogens (tertiary/aromatic N) is 2. The molecule has 1 aliphatic carbocycles. The van der Waals surface area contributed by atoms with Crippen LogP contribution < -0.4 is 11.1 Å². The molecule has 4 nitrogen and oxygen atoms in total. The van der Waals surface area contributed by atoms with E-state index in [1.807, 2.05) is 6.07 Å². The van der Waals surface area contributed by atoms with E-state index in [2.05, 4.69) is 22.2 Å². The van der Waals surface area contributed by atoms with E-state index in [0.29, 0.717) is 18.5 Å². The van der Waals surface area contributed by atoms with Crippen LogP contribution in [0.3, 0.4) is 0 Å². The van der Waals surface area contributed by atoms with E-state index in [1.54, 1.807) is 6.33 Å². The summed E-state index contributed by atoms with van der Waals surface area (Å²) in [6.07, 6.45) is 9.21. The summed E-state index contributed by atoms with van der Waals surface area (Å²) in [5, 5.41) is 3.50. The minimum Gasteiger partial charge on any atom is -0.366 e. The van der Waals surface area contributed by atoms with E-state index in [-0.39, 0.29) is 0 Å². The molecule has 100 valence electrons. The minimum absolute atomic E-state index is 0.352. The van der Waals surface area contributed by atoms with Gasteiger partial charge in [0.05, 0.1) is 0 Å². The first-order valence-electron chi connectivity index (χ1n) is 7.11. The molecule has 1 aromatic rings. The highest BCUT2D eigenvalue weighted by atomic mass is 15.0. The third-order valence-electron chi connectivity index (χ3n) is 3.89. The van der Waals surface area contributed by atoms with Gasteiger partial charge in [0, 0.05) is 24.3 Å². The molecule has 1 unspecified atom stereocenters. The van der Waals surface area contributed by atoms with Crippen molar-refractivity contribution in [2.75, 3.05) is 11.9 Å². The summed E-state index contributed by atoms with van der Waals surface area (Å²) in [5.74, 6) is 1.62. The molecule has 1 atom stereocenters. The Morgan fingerprint density at radius 3 is 2.78 bits per heavy atom. The second kappa shape index (κ2) is 6.69. The predicted octanol–water partition coefficient (Wildman–Crippen LogP) is 2.36. The number of aromatic nitrogens is 2. The SMILES string of the molecule is CCc1cc(NC(CN)C2CCCCC2)ncn1. The van der Waals surface area contributed by atoms with Crippen LogP contribution in [0.4, 0.5) is 5.82 Å². The van der Waals surface area contributed by atoms with Gasteiger partial charge in [-0.25, -0.2) is 9.97 Å². The van der Waals surface area contributed by atoms with Crippen molar-refractivity contribution in [3.8, 4) is 0 Å². The first kappa shape index (κ1) is 13.3. The summed E-state index contributed by atoms with van der Waals surface area (Å²) in [5.41, 5.74) is 6.99. The van der Waals surface area contributed by atoms with Gasteiger partial charge < -0.3 is 11.1 Å². The monoisotopic (exact) mass is 248 g/mol. The molecule has 0 spiro atoms. The van der Waals surface area contributed by atoms with E-state index in [9.17, 15) is 0 Å². The van der Waals surface area contributed by atoms with Gasteiger partial charge in [0.1, 0.15) is 12.1 Å². The highest BCUT2D eigenvalue weighted by Crippen LogP contribution is 2.27. The number of anilines is 1. The van der Waals surface area contributed by atoms with Crippen molar-refractivity contribution >= 4 is 5.82 Å². The molecule has 1 heterocycles. The quantitative estimate of drug-likeness (QED) is 0.839. The number of hydrogen-bond donors (Lipinski definition) is 2. The van der Waals surface area contributed by atoms with Crippen LogP contribution in [0.1, 0.15) is 44.7 Å². The maximum atomic E-state index is 5.92. The minimum atomic E-state index is 0.352. The zero-order chi connectivity index (χ0) is 12.8. The van der Waals surface area contributed by atoms with Gasteiger partial charge in [-0.1, -0.05) is 26.2 Å². The Labute approximate surface area is 109 Å². The Morgan fingerprint density at radius 2 is 2.11 bits per heavy atom. The second-order valence-electron chi connectivity index (χ2n) is 5.13. The predicted molar refractivity (Wildman–Crippen MR) is 74.5 cm³/mol. The average molecular weight is 248 g/mol. The molecule has 1 aliphatic rings. The zero-order valence-electron chi connectivity index (χ0n) is 11.2. The summed E-state index contributed by atoms with van der Waals surface area (Å²) >= 11 is 0. The van der Waals surface area contributed by atoms with Gasteiger partial charge in [-0.2, -0.15) is 0 Å². The number of aryl methyl sites for hydroxylation is 1. The highest BCUT2D eigenvalue weighted by molar-refractivity contribution is 5.36. The van der Waals surface area contributed by atoms with Crippen LogP contribution in [0.25, 0.3) is 0 Å². The summed E-state index contributed by atoms with van der Waals surface area (Å²) in [6, 6.07) is 2.38. The van der Waals surface area contributed by atoms with Crippen molar-refractivity contribution in [1.82, 2.24) is 9.97 Å². The zero-order valence-corrected chi connectivity index (χ0v) is 11.2. The van der Waals surface area contributed by atoms with Gasteiger partial charge in [0.2, 0.25) is 0 Å². The smallest absolute Gasteiger partial charge is 0.129 e. The van der Waals surface area contributed by atoms with Gasteiger partial charge in [-0.3, -0.25) is 0 Å². The maximum Gasteiger partial charge on any atom is 0.129 e. The molecule has 0 amide bonds. The number of hydrogen-bond acceptors (Lipinski definition) is 4. The van der Waals surface area contributed by atoms with Gasteiger partial charge in [0.15, 0.2) is 0 Å². The summed E-state index contributed by atoms with van der Waals surface area (Å²) in [4.78, 5) is 8.51. The molecule has 1 fully saturated rings. The van der Waals surface area contributed by atoms with Gasteiger partial charge in [-0.15, -0.1) is 0 Å². The van der Waals surface area contributed by atoms with Gasteiger partial charge in [0.25, 0.3) is 0 Å². The standard InChI is InChI=1S/C14H24N4/c1-2-12-8-14(17-10-16-12)18-13(9-15)11-6-4-3-5-7-11/h8,10-11,13H,2-7,9,15H2,1H3,(H,16,17,18). The van der Waals surface area contributed by atoms with Crippen LogP contribution in [-0.2, 0) is 6.42 Å². The van der Waals surface area contributed by atoms with E-state index >= 15 is 0 Å². The fourth-order valence-electron chi connectivity index (χ4n) is 2.77. The molecular formula is C14H24N4. The lowest BCUT2D eigenvalue weighted by Crippen LogP contribution is -2.37. The Hall–Kier alpha value is -1.16. The molecule has 2 rings (SSSR count). The molecule has 0 saturated heterocycles. The Balaban J connectivity index is 1.99. The van der Waals surface area contributed by atoms with Crippen molar-refractivity contribution in [2.24, 2.45) is 11.7 Å². The number of rotatable bonds is 5. The molecular weight excluding hydrogens is 224 g/mol. The van der Waals surface area contributed by atoms with Crippen LogP contribution in [0, 0.1) is 5.92 Å². The normalized spacial score (nSPS) is 18.6. The van der Waals surface area contributed by atoms with E-state index < -0.39 is 0 Å². The van der Waals surface area contributed by atoms with Gasteiger partial charge >= 0.3 is 0 Å². The number of nitrogens with two attached hydrogens (primary N) is 1. The average Bonchev–Trinajstić information content (AvgIpc) is 2.46. The van der Waals surface area contributed by atoms with Crippen LogP contribution in [-0.4, -0.2) is 22.6 Å². The topological polar surface area (TPSA) is 63.8 Å². The van der Waals surface area contributed by atoms with Crippen LogP contribution >= 0.6 is 0 Å². The lowest BCUT2D eigenvalue weighted by atomic mass is 9.84. The van der Waals surface area contributed by atoms with Crippen LogP contribution in [0.2, 0.25) is 0 Å². The molecule has 4 heteroatoms. The molecule has 18 heavy (non-hydrogen) atoms. The Morgan fingerprint density at radius 1 is 1.33 bits per heavy atom. The lowest BCUT2D eigenvalue weighted by molar-refractivity contribution is 0.320. The fraction of sp³-hybridized carbons (Fsp3) is 0.714. The van der Waals surface area contributed by atoms with E-state index in [1.165, 1.54) is 32.1 Å². The summed E-state index contributed by atoms with van der Waals surface area (Å²) < 4.78 is 0. The van der Waals surface area contributed by atoms with Crippen molar-refractivity contribution in [3.05, 3.63) is 18.1 Å². The highest BCUT2D eigenvalue weighted by Gasteiger charge is 2.22. The largest absolute Gasteiger partial charge is 0.366 e. The summed E-state index contributed by atoms with van der Waals surface area (Å²) in [6.45, 7) is 2.78. The molecule has 0 radical (unpaired) electrons. The second-order valence-corrected chi connectivity index (χ2v) is 5.13. The first-order chi connectivity index (χ1) is 8.83. The summed E-state index contributed by atoms with van der Waals surface area (Å²) in [7, 11) is 0.